The number of aromatic amines is 1. The van der Waals surface area contributed by atoms with Crippen molar-refractivity contribution in [2.45, 2.75) is 43.9 Å². The van der Waals surface area contributed by atoms with Gasteiger partial charge in [0.2, 0.25) is 5.91 Å². The molecule has 0 fully saturated rings. The van der Waals surface area contributed by atoms with E-state index in [0.29, 0.717) is 17.8 Å². The van der Waals surface area contributed by atoms with Crippen LogP contribution < -0.4 is 10.6 Å². The Bertz CT molecular complexity index is 968. The van der Waals surface area contributed by atoms with Gasteiger partial charge in [-0.05, 0) is 43.5 Å². The summed E-state index contributed by atoms with van der Waals surface area (Å²) in [5.74, 6) is 0.995. The van der Waals surface area contributed by atoms with Gasteiger partial charge in [0.1, 0.15) is 11.9 Å². The highest BCUT2D eigenvalue weighted by molar-refractivity contribution is 7.98. The predicted octanol–water partition coefficient (Wildman–Crippen LogP) is 4.25. The molecule has 3 aromatic rings. The largest absolute Gasteiger partial charge is 0.340 e. The van der Waals surface area contributed by atoms with Crippen molar-refractivity contribution in [2.75, 3.05) is 5.32 Å². The van der Waals surface area contributed by atoms with Crippen LogP contribution in [0.3, 0.4) is 0 Å². The molecule has 0 aliphatic heterocycles. The van der Waals surface area contributed by atoms with Crippen molar-refractivity contribution < 1.29 is 9.59 Å². The molecule has 1 atom stereocenters. The van der Waals surface area contributed by atoms with Crippen LogP contribution in [0.2, 0.25) is 0 Å². The number of H-pyrrole nitrogens is 1. The van der Waals surface area contributed by atoms with Crippen molar-refractivity contribution in [3.05, 3.63) is 58.2 Å². The first-order valence-corrected chi connectivity index (χ1v) is 11.5. The lowest BCUT2D eigenvalue weighted by molar-refractivity contribution is -0.118. The number of aromatic nitrogens is 3. The SMILES string of the molecule is Cc1nc(CSc2ccc(C(=O)NC(CC(C)C)C(=O)Nc3ccn[nH]3)cc2)cs1. The highest BCUT2D eigenvalue weighted by atomic mass is 32.2. The molecule has 0 saturated carbocycles. The van der Waals surface area contributed by atoms with E-state index in [0.717, 1.165) is 21.3 Å². The molecule has 9 heteroatoms. The zero-order valence-electron chi connectivity index (χ0n) is 17.1. The van der Waals surface area contributed by atoms with E-state index in [1.165, 1.54) is 0 Å². The molecule has 3 rings (SSSR count). The normalized spacial score (nSPS) is 12.0. The van der Waals surface area contributed by atoms with Gasteiger partial charge in [0.15, 0.2) is 0 Å². The molecule has 7 nitrogen and oxygen atoms in total. The van der Waals surface area contributed by atoms with Crippen LogP contribution in [0.25, 0.3) is 0 Å². The number of anilines is 1. The van der Waals surface area contributed by atoms with Gasteiger partial charge in [-0.3, -0.25) is 14.7 Å². The third-order valence-corrected chi connectivity index (χ3v) is 6.13. The van der Waals surface area contributed by atoms with Crippen molar-refractivity contribution in [3.63, 3.8) is 0 Å². The first-order chi connectivity index (χ1) is 14.4. The standard InChI is InChI=1S/C21H25N5O2S2/c1-13(2)10-18(21(28)25-19-8-9-22-26-19)24-20(27)15-4-6-17(7-5-15)30-12-16-11-29-14(3)23-16/h4-9,11,13,18H,10,12H2,1-3H3,(H,24,27)(H2,22,25,26,28). The zero-order chi connectivity index (χ0) is 21.5. The van der Waals surface area contributed by atoms with E-state index in [4.69, 9.17) is 0 Å². The van der Waals surface area contributed by atoms with E-state index in [-0.39, 0.29) is 17.7 Å². The fourth-order valence-electron chi connectivity index (χ4n) is 2.82. The van der Waals surface area contributed by atoms with Gasteiger partial charge in [-0.1, -0.05) is 13.8 Å². The van der Waals surface area contributed by atoms with Crippen LogP contribution in [0.15, 0.2) is 46.8 Å². The fourth-order valence-corrected chi connectivity index (χ4v) is 4.33. The molecule has 0 aliphatic carbocycles. The van der Waals surface area contributed by atoms with Gasteiger partial charge in [-0.25, -0.2) is 4.98 Å². The number of hydrogen-bond donors (Lipinski definition) is 3. The second-order valence-electron chi connectivity index (χ2n) is 7.29. The monoisotopic (exact) mass is 443 g/mol. The number of carbonyl (C=O) groups is 2. The average Bonchev–Trinajstić information content (AvgIpc) is 3.37. The molecule has 0 aliphatic rings. The number of nitrogens with one attached hydrogen (secondary N) is 3. The van der Waals surface area contributed by atoms with Gasteiger partial charge in [0.25, 0.3) is 5.91 Å². The molecule has 2 aromatic heterocycles. The maximum atomic E-state index is 12.7. The lowest BCUT2D eigenvalue weighted by Gasteiger charge is -2.20. The smallest absolute Gasteiger partial charge is 0.251 e. The van der Waals surface area contributed by atoms with Crippen molar-refractivity contribution in [1.82, 2.24) is 20.5 Å². The molecule has 1 unspecified atom stereocenters. The minimum absolute atomic E-state index is 0.246. The molecular formula is C21H25N5O2S2. The number of nitrogens with zero attached hydrogens (tertiary/aromatic N) is 2. The first-order valence-electron chi connectivity index (χ1n) is 9.65. The number of benzene rings is 1. The topological polar surface area (TPSA) is 99.8 Å². The van der Waals surface area contributed by atoms with E-state index >= 15 is 0 Å². The van der Waals surface area contributed by atoms with Crippen LogP contribution in [0.1, 0.15) is 41.3 Å². The van der Waals surface area contributed by atoms with Crippen molar-refractivity contribution >= 4 is 40.7 Å². The summed E-state index contributed by atoms with van der Waals surface area (Å²) in [6.07, 6.45) is 2.09. The highest BCUT2D eigenvalue weighted by Gasteiger charge is 2.23. The van der Waals surface area contributed by atoms with Gasteiger partial charge in [-0.2, -0.15) is 5.10 Å². The van der Waals surface area contributed by atoms with Gasteiger partial charge in [0, 0.05) is 27.7 Å². The number of rotatable bonds is 9. The summed E-state index contributed by atoms with van der Waals surface area (Å²) >= 11 is 3.32. The van der Waals surface area contributed by atoms with Crippen molar-refractivity contribution in [2.24, 2.45) is 5.92 Å². The molecule has 2 heterocycles. The predicted molar refractivity (Wildman–Crippen MR) is 121 cm³/mol. The van der Waals surface area contributed by atoms with Crippen molar-refractivity contribution in [1.29, 1.82) is 0 Å². The lowest BCUT2D eigenvalue weighted by atomic mass is 10.0. The number of thioether (sulfide) groups is 1. The number of thiazole rings is 1. The van der Waals surface area contributed by atoms with Crippen LogP contribution in [0.4, 0.5) is 5.82 Å². The van der Waals surface area contributed by atoms with Crippen LogP contribution >= 0.6 is 23.1 Å². The molecule has 0 bridgehead atoms. The number of hydrogen-bond acceptors (Lipinski definition) is 6. The average molecular weight is 444 g/mol. The third kappa shape index (κ3) is 6.43. The van der Waals surface area contributed by atoms with Gasteiger partial charge < -0.3 is 10.6 Å². The molecule has 3 N–H and O–H groups in total. The van der Waals surface area contributed by atoms with Gasteiger partial charge >= 0.3 is 0 Å². The first kappa shape index (κ1) is 22.0. The Balaban J connectivity index is 1.59. The van der Waals surface area contributed by atoms with E-state index in [9.17, 15) is 9.59 Å². The quantitative estimate of drug-likeness (QED) is 0.429. The number of carbonyl (C=O) groups excluding carboxylic acids is 2. The molecular weight excluding hydrogens is 418 g/mol. The van der Waals surface area contributed by atoms with Crippen molar-refractivity contribution in [3.8, 4) is 0 Å². The van der Waals surface area contributed by atoms with E-state index in [2.05, 4.69) is 31.2 Å². The summed E-state index contributed by atoms with van der Waals surface area (Å²) in [6.45, 7) is 6.02. The Morgan fingerprint density at radius 1 is 1.20 bits per heavy atom. The zero-order valence-corrected chi connectivity index (χ0v) is 18.8. The number of amides is 2. The molecule has 2 amide bonds. The molecule has 158 valence electrons. The second kappa shape index (κ2) is 10.4. The van der Waals surface area contributed by atoms with Gasteiger partial charge in [-0.15, -0.1) is 23.1 Å². The van der Waals surface area contributed by atoms with E-state index < -0.39 is 6.04 Å². The van der Waals surface area contributed by atoms with Crippen LogP contribution in [-0.2, 0) is 10.5 Å². The summed E-state index contributed by atoms with van der Waals surface area (Å²) in [7, 11) is 0. The van der Waals surface area contributed by atoms with Crippen LogP contribution in [0, 0.1) is 12.8 Å². The molecule has 30 heavy (non-hydrogen) atoms. The molecule has 0 radical (unpaired) electrons. The maximum Gasteiger partial charge on any atom is 0.251 e. The van der Waals surface area contributed by atoms with Crippen LogP contribution in [0.5, 0.6) is 0 Å². The molecule has 1 aromatic carbocycles. The Morgan fingerprint density at radius 3 is 2.57 bits per heavy atom. The van der Waals surface area contributed by atoms with E-state index in [1.807, 2.05) is 32.9 Å². The lowest BCUT2D eigenvalue weighted by Crippen LogP contribution is -2.44. The fraction of sp³-hybridized carbons (Fsp3) is 0.333. The Hall–Kier alpha value is -2.65. The summed E-state index contributed by atoms with van der Waals surface area (Å²) in [6, 6.07) is 8.42. The summed E-state index contributed by atoms with van der Waals surface area (Å²) < 4.78 is 0. The Morgan fingerprint density at radius 2 is 1.97 bits per heavy atom. The second-order valence-corrected chi connectivity index (χ2v) is 9.40. The minimum Gasteiger partial charge on any atom is -0.340 e. The number of aryl methyl sites for hydroxylation is 1. The Kier molecular flexibility index (Phi) is 7.64. The van der Waals surface area contributed by atoms with E-state index in [1.54, 1.807) is 47.5 Å². The van der Waals surface area contributed by atoms with Gasteiger partial charge in [0.05, 0.1) is 16.9 Å². The molecule has 0 saturated heterocycles. The minimum atomic E-state index is -0.636. The summed E-state index contributed by atoms with van der Waals surface area (Å²) in [4.78, 5) is 30.8. The Labute approximate surface area is 184 Å². The summed E-state index contributed by atoms with van der Waals surface area (Å²) in [5, 5.41) is 15.2. The third-order valence-electron chi connectivity index (χ3n) is 4.26. The molecule has 0 spiro atoms. The highest BCUT2D eigenvalue weighted by Crippen LogP contribution is 2.24. The maximum absolute atomic E-state index is 12.7. The van der Waals surface area contributed by atoms with Crippen LogP contribution in [-0.4, -0.2) is 33.0 Å². The summed E-state index contributed by atoms with van der Waals surface area (Å²) in [5.41, 5.74) is 1.58.